The van der Waals surface area contributed by atoms with Crippen LogP contribution in [0.5, 0.6) is 0 Å². The number of piperazine rings is 1. The summed E-state index contributed by atoms with van der Waals surface area (Å²) in [6.07, 6.45) is 0. The van der Waals surface area contributed by atoms with E-state index in [2.05, 4.69) is 5.32 Å². The molecule has 8 heteroatoms. The van der Waals surface area contributed by atoms with Gasteiger partial charge in [0.15, 0.2) is 0 Å². The molecule has 1 saturated heterocycles. The van der Waals surface area contributed by atoms with E-state index in [0.717, 1.165) is 4.31 Å². The topological polar surface area (TPSA) is 99.9 Å². The van der Waals surface area contributed by atoms with E-state index in [-0.39, 0.29) is 24.7 Å². The van der Waals surface area contributed by atoms with Crippen molar-refractivity contribution in [3.63, 3.8) is 0 Å². The fourth-order valence-electron chi connectivity index (χ4n) is 2.32. The van der Waals surface area contributed by atoms with Gasteiger partial charge in [-0.05, 0) is 6.07 Å². The maximum atomic E-state index is 12.5. The zero-order chi connectivity index (χ0) is 15.0. The number of rotatable bonds is 3. The first-order valence-electron chi connectivity index (χ1n) is 6.43. The minimum Gasteiger partial charge on any atom is -0.480 e. The van der Waals surface area contributed by atoms with E-state index in [9.17, 15) is 13.2 Å². The molecule has 2 N–H and O–H groups in total. The quantitative estimate of drug-likeness (QED) is 0.855. The van der Waals surface area contributed by atoms with Crippen molar-refractivity contribution < 1.29 is 22.7 Å². The van der Waals surface area contributed by atoms with Crippen molar-refractivity contribution in [2.75, 3.05) is 19.6 Å². The number of nitrogens with zero attached hydrogens (tertiary/aromatic N) is 1. The van der Waals surface area contributed by atoms with Crippen LogP contribution < -0.4 is 5.32 Å². The smallest absolute Gasteiger partial charge is 0.322 e. The molecule has 7 nitrogen and oxygen atoms in total. The van der Waals surface area contributed by atoms with Crippen molar-refractivity contribution in [1.29, 1.82) is 0 Å². The number of aliphatic carboxylic acids is 1. The molecule has 3 rings (SSSR count). The van der Waals surface area contributed by atoms with Crippen molar-refractivity contribution >= 4 is 27.0 Å². The highest BCUT2D eigenvalue weighted by Gasteiger charge is 2.34. The largest absolute Gasteiger partial charge is 0.480 e. The maximum Gasteiger partial charge on any atom is 0.322 e. The Bertz CT molecular complexity index is 750. The van der Waals surface area contributed by atoms with Gasteiger partial charge < -0.3 is 14.8 Å². The summed E-state index contributed by atoms with van der Waals surface area (Å²) in [5.74, 6) is -1.07. The summed E-state index contributed by atoms with van der Waals surface area (Å²) >= 11 is 0. The second-order valence-corrected chi connectivity index (χ2v) is 6.68. The number of hydrogen-bond acceptors (Lipinski definition) is 5. The van der Waals surface area contributed by atoms with Crippen LogP contribution >= 0.6 is 0 Å². The molecule has 0 bridgehead atoms. The predicted octanol–water partition coefficient (Wildman–Crippen LogP) is 0.480. The Morgan fingerprint density at radius 2 is 2.14 bits per heavy atom. The number of carbonyl (C=O) groups is 1. The van der Waals surface area contributed by atoms with E-state index in [1.165, 1.54) is 6.07 Å². The molecule has 0 amide bonds. The third kappa shape index (κ3) is 2.53. The van der Waals surface area contributed by atoms with Gasteiger partial charge in [-0.25, -0.2) is 8.42 Å². The number of sulfonamides is 1. The highest BCUT2D eigenvalue weighted by molar-refractivity contribution is 7.89. The van der Waals surface area contributed by atoms with Crippen LogP contribution in [-0.2, 0) is 14.8 Å². The number of para-hydroxylation sites is 1. The lowest BCUT2D eigenvalue weighted by Crippen LogP contribution is -2.55. The predicted molar refractivity (Wildman–Crippen MR) is 74.4 cm³/mol. The molecule has 2 aromatic rings. The van der Waals surface area contributed by atoms with Crippen LogP contribution in [0.3, 0.4) is 0 Å². The van der Waals surface area contributed by atoms with E-state index < -0.39 is 22.0 Å². The lowest BCUT2D eigenvalue weighted by Gasteiger charge is -2.29. The van der Waals surface area contributed by atoms with Gasteiger partial charge >= 0.3 is 5.97 Å². The standard InChI is InChI=1S/C13H14N2O5S/c16-13(17)10-8-15(6-5-14-10)21(18,19)12-7-9-3-1-2-4-11(9)20-12/h1-4,7,10,14H,5-6,8H2,(H,16,17). The molecule has 21 heavy (non-hydrogen) atoms. The van der Waals surface area contributed by atoms with E-state index in [1.807, 2.05) is 0 Å². The Labute approximate surface area is 121 Å². The van der Waals surface area contributed by atoms with Gasteiger partial charge in [0, 0.05) is 31.1 Å². The Balaban J connectivity index is 1.94. The Morgan fingerprint density at radius 1 is 1.38 bits per heavy atom. The van der Waals surface area contributed by atoms with E-state index in [0.29, 0.717) is 11.0 Å². The Hall–Kier alpha value is -1.90. The van der Waals surface area contributed by atoms with Gasteiger partial charge in [0.2, 0.25) is 5.09 Å². The van der Waals surface area contributed by atoms with Gasteiger partial charge in [-0.2, -0.15) is 4.31 Å². The highest BCUT2D eigenvalue weighted by Crippen LogP contribution is 2.25. The molecular weight excluding hydrogens is 296 g/mol. The molecule has 1 aromatic carbocycles. The van der Waals surface area contributed by atoms with Gasteiger partial charge in [-0.1, -0.05) is 18.2 Å². The molecule has 0 saturated carbocycles. The fraction of sp³-hybridized carbons (Fsp3) is 0.308. The summed E-state index contributed by atoms with van der Waals surface area (Å²) in [5, 5.41) is 12.3. The summed E-state index contributed by atoms with van der Waals surface area (Å²) in [7, 11) is -3.83. The number of nitrogens with one attached hydrogen (secondary N) is 1. The molecule has 112 valence electrons. The molecule has 1 fully saturated rings. The molecule has 1 aliphatic rings. The molecular formula is C13H14N2O5S. The second kappa shape index (κ2) is 5.14. The van der Waals surface area contributed by atoms with Gasteiger partial charge in [0.25, 0.3) is 10.0 Å². The van der Waals surface area contributed by atoms with Gasteiger partial charge in [-0.3, -0.25) is 4.79 Å². The fourth-order valence-corrected chi connectivity index (χ4v) is 3.72. The molecule has 1 aromatic heterocycles. The van der Waals surface area contributed by atoms with Crippen LogP contribution in [0.15, 0.2) is 39.8 Å². The first-order chi connectivity index (χ1) is 9.98. The number of carboxylic acid groups (broad SMARTS) is 1. The van der Waals surface area contributed by atoms with E-state index in [4.69, 9.17) is 9.52 Å². The van der Waals surface area contributed by atoms with Crippen LogP contribution in [0.2, 0.25) is 0 Å². The molecule has 0 spiro atoms. The molecule has 1 atom stereocenters. The lowest BCUT2D eigenvalue weighted by molar-refractivity contribution is -0.140. The number of furan rings is 1. The monoisotopic (exact) mass is 310 g/mol. The van der Waals surface area contributed by atoms with Crippen LogP contribution in [0.25, 0.3) is 11.0 Å². The average Bonchev–Trinajstić information content (AvgIpc) is 2.92. The van der Waals surface area contributed by atoms with Gasteiger partial charge in [0.1, 0.15) is 11.6 Å². The van der Waals surface area contributed by atoms with Crippen LogP contribution in [-0.4, -0.2) is 49.5 Å². The number of benzene rings is 1. The van der Waals surface area contributed by atoms with Crippen molar-refractivity contribution in [3.05, 3.63) is 30.3 Å². The van der Waals surface area contributed by atoms with Crippen LogP contribution in [0, 0.1) is 0 Å². The van der Waals surface area contributed by atoms with E-state index in [1.54, 1.807) is 24.3 Å². The number of carboxylic acids is 1. The maximum absolute atomic E-state index is 12.5. The molecule has 1 aliphatic heterocycles. The van der Waals surface area contributed by atoms with Gasteiger partial charge in [0.05, 0.1) is 0 Å². The first kappa shape index (κ1) is 14.1. The van der Waals surface area contributed by atoms with Gasteiger partial charge in [-0.15, -0.1) is 0 Å². The average molecular weight is 310 g/mol. The lowest BCUT2D eigenvalue weighted by atomic mass is 10.2. The molecule has 0 radical (unpaired) electrons. The molecule has 2 heterocycles. The zero-order valence-corrected chi connectivity index (χ0v) is 11.8. The second-order valence-electron chi connectivity index (χ2n) is 4.81. The third-order valence-corrected chi connectivity index (χ3v) is 5.15. The summed E-state index contributed by atoms with van der Waals surface area (Å²) in [5.41, 5.74) is 0.487. The van der Waals surface area contributed by atoms with Crippen molar-refractivity contribution in [1.82, 2.24) is 9.62 Å². The highest BCUT2D eigenvalue weighted by atomic mass is 32.2. The van der Waals surface area contributed by atoms with Crippen molar-refractivity contribution in [3.8, 4) is 0 Å². The van der Waals surface area contributed by atoms with Crippen LogP contribution in [0.1, 0.15) is 0 Å². The Kier molecular flexibility index (Phi) is 3.44. The number of fused-ring (bicyclic) bond motifs is 1. The van der Waals surface area contributed by atoms with Crippen molar-refractivity contribution in [2.45, 2.75) is 11.1 Å². The third-order valence-electron chi connectivity index (χ3n) is 3.43. The summed E-state index contributed by atoms with van der Waals surface area (Å²) in [6.45, 7) is 0.383. The molecule has 0 aliphatic carbocycles. The first-order valence-corrected chi connectivity index (χ1v) is 7.87. The number of hydrogen-bond donors (Lipinski definition) is 2. The SMILES string of the molecule is O=C(O)C1CN(S(=O)(=O)c2cc3ccccc3o2)CCN1. The summed E-state index contributed by atoms with van der Waals surface area (Å²) in [6, 6.07) is 7.55. The van der Waals surface area contributed by atoms with Crippen LogP contribution in [0.4, 0.5) is 0 Å². The summed E-state index contributed by atoms with van der Waals surface area (Å²) in [4.78, 5) is 11.0. The Morgan fingerprint density at radius 3 is 2.86 bits per heavy atom. The zero-order valence-electron chi connectivity index (χ0n) is 11.0. The summed E-state index contributed by atoms with van der Waals surface area (Å²) < 4.78 is 31.6. The van der Waals surface area contributed by atoms with E-state index >= 15 is 0 Å². The van der Waals surface area contributed by atoms with Crippen molar-refractivity contribution in [2.24, 2.45) is 0 Å². The minimum atomic E-state index is -3.83. The minimum absolute atomic E-state index is 0.116. The normalized spacial score (nSPS) is 20.7. The molecule has 1 unspecified atom stereocenters.